The molecule has 1 aliphatic heterocycles. The van der Waals surface area contributed by atoms with E-state index in [4.69, 9.17) is 15.2 Å². The van der Waals surface area contributed by atoms with Crippen LogP contribution in [0.15, 0.2) is 18.2 Å². The van der Waals surface area contributed by atoms with Crippen LogP contribution >= 0.6 is 0 Å². The minimum Gasteiger partial charge on any atom is -0.486 e. The second-order valence-electron chi connectivity index (χ2n) is 5.61. The monoisotopic (exact) mass is 263 g/mol. The van der Waals surface area contributed by atoms with E-state index in [0.717, 1.165) is 23.5 Å². The van der Waals surface area contributed by atoms with Gasteiger partial charge in [0.25, 0.3) is 0 Å². The van der Waals surface area contributed by atoms with E-state index in [2.05, 4.69) is 6.92 Å². The Hall–Kier alpha value is -1.26. The van der Waals surface area contributed by atoms with Gasteiger partial charge in [-0.1, -0.05) is 13.0 Å². The van der Waals surface area contributed by atoms with Crippen LogP contribution in [0.3, 0.4) is 0 Å². The Labute approximate surface area is 113 Å². The molecule has 0 spiro atoms. The number of nitrogens with two attached hydrogens (primary N) is 1. The molecule has 1 heterocycles. The SMILES string of the molecule is CC1CC1C(O)C(CN)c1ccc2c(c1)OCCO2. The fraction of sp³-hybridized carbons (Fsp3) is 0.600. The molecular weight excluding hydrogens is 242 g/mol. The quantitative estimate of drug-likeness (QED) is 0.864. The van der Waals surface area contributed by atoms with Gasteiger partial charge in [0.1, 0.15) is 13.2 Å². The first-order valence-corrected chi connectivity index (χ1v) is 6.98. The summed E-state index contributed by atoms with van der Waals surface area (Å²) in [6.07, 6.45) is 0.741. The molecule has 4 nitrogen and oxygen atoms in total. The average Bonchev–Trinajstić information content (AvgIpc) is 3.16. The molecule has 0 bridgehead atoms. The van der Waals surface area contributed by atoms with E-state index in [9.17, 15) is 5.11 Å². The van der Waals surface area contributed by atoms with Crippen molar-refractivity contribution >= 4 is 0 Å². The molecule has 4 heteroatoms. The number of hydrogen-bond acceptors (Lipinski definition) is 4. The highest BCUT2D eigenvalue weighted by Crippen LogP contribution is 2.45. The molecule has 0 saturated heterocycles. The molecule has 19 heavy (non-hydrogen) atoms. The summed E-state index contributed by atoms with van der Waals surface area (Å²) in [5.74, 6) is 2.52. The van der Waals surface area contributed by atoms with Crippen molar-refractivity contribution in [3.05, 3.63) is 23.8 Å². The molecule has 1 aliphatic carbocycles. The number of benzene rings is 1. The number of hydrogen-bond donors (Lipinski definition) is 2. The summed E-state index contributed by atoms with van der Waals surface area (Å²) in [7, 11) is 0. The van der Waals surface area contributed by atoms with Crippen molar-refractivity contribution in [2.24, 2.45) is 17.6 Å². The predicted octanol–water partition coefficient (Wildman–Crippen LogP) is 1.52. The molecule has 4 atom stereocenters. The van der Waals surface area contributed by atoms with E-state index >= 15 is 0 Å². The van der Waals surface area contributed by atoms with Gasteiger partial charge in [-0.05, 0) is 36.0 Å². The van der Waals surface area contributed by atoms with Crippen molar-refractivity contribution in [1.82, 2.24) is 0 Å². The van der Waals surface area contributed by atoms with Crippen LogP contribution in [0.2, 0.25) is 0 Å². The van der Waals surface area contributed by atoms with Crippen LogP contribution in [-0.4, -0.2) is 31.0 Å². The highest BCUT2D eigenvalue weighted by atomic mass is 16.6. The predicted molar refractivity (Wildman–Crippen MR) is 72.5 cm³/mol. The molecule has 1 aromatic carbocycles. The fourth-order valence-corrected chi connectivity index (χ4v) is 2.89. The Morgan fingerprint density at radius 3 is 2.63 bits per heavy atom. The van der Waals surface area contributed by atoms with Gasteiger partial charge in [0, 0.05) is 12.5 Å². The zero-order valence-electron chi connectivity index (χ0n) is 11.2. The first-order valence-electron chi connectivity index (χ1n) is 6.98. The summed E-state index contributed by atoms with van der Waals surface area (Å²) in [5, 5.41) is 10.4. The van der Waals surface area contributed by atoms with Gasteiger partial charge in [-0.25, -0.2) is 0 Å². The average molecular weight is 263 g/mol. The molecule has 2 aliphatic rings. The van der Waals surface area contributed by atoms with Crippen molar-refractivity contribution in [2.45, 2.75) is 25.4 Å². The van der Waals surface area contributed by atoms with Gasteiger partial charge < -0.3 is 20.3 Å². The Bertz CT molecular complexity index is 463. The van der Waals surface area contributed by atoms with Crippen molar-refractivity contribution in [3.63, 3.8) is 0 Å². The van der Waals surface area contributed by atoms with Crippen molar-refractivity contribution in [3.8, 4) is 11.5 Å². The third kappa shape index (κ3) is 2.42. The number of ether oxygens (including phenoxy) is 2. The van der Waals surface area contributed by atoms with Gasteiger partial charge in [0.15, 0.2) is 11.5 Å². The van der Waals surface area contributed by atoms with E-state index in [0.29, 0.717) is 31.6 Å². The van der Waals surface area contributed by atoms with E-state index < -0.39 is 0 Å². The van der Waals surface area contributed by atoms with Crippen molar-refractivity contribution in [1.29, 1.82) is 0 Å². The third-order valence-corrected chi connectivity index (χ3v) is 4.27. The van der Waals surface area contributed by atoms with Crippen molar-refractivity contribution < 1.29 is 14.6 Å². The number of fused-ring (bicyclic) bond motifs is 1. The highest BCUT2D eigenvalue weighted by Gasteiger charge is 2.42. The van der Waals surface area contributed by atoms with Crippen LogP contribution in [0.25, 0.3) is 0 Å². The van der Waals surface area contributed by atoms with Crippen LogP contribution in [0.5, 0.6) is 11.5 Å². The van der Waals surface area contributed by atoms with E-state index in [1.807, 2.05) is 18.2 Å². The van der Waals surface area contributed by atoms with E-state index in [1.54, 1.807) is 0 Å². The Balaban J connectivity index is 1.82. The summed E-state index contributed by atoms with van der Waals surface area (Å²) < 4.78 is 11.1. The Morgan fingerprint density at radius 1 is 1.32 bits per heavy atom. The lowest BCUT2D eigenvalue weighted by molar-refractivity contribution is 0.117. The van der Waals surface area contributed by atoms with Crippen molar-refractivity contribution in [2.75, 3.05) is 19.8 Å². The van der Waals surface area contributed by atoms with Gasteiger partial charge in [-0.15, -0.1) is 0 Å². The zero-order valence-corrected chi connectivity index (χ0v) is 11.2. The lowest BCUT2D eigenvalue weighted by Gasteiger charge is -2.24. The molecule has 1 aromatic rings. The third-order valence-electron chi connectivity index (χ3n) is 4.27. The maximum atomic E-state index is 10.4. The van der Waals surface area contributed by atoms with E-state index in [1.165, 1.54) is 0 Å². The number of aliphatic hydroxyl groups is 1. The smallest absolute Gasteiger partial charge is 0.161 e. The Morgan fingerprint density at radius 2 is 2.00 bits per heavy atom. The lowest BCUT2D eigenvalue weighted by Crippen LogP contribution is -2.28. The normalized spacial score (nSPS) is 27.7. The first-order chi connectivity index (χ1) is 9.20. The van der Waals surface area contributed by atoms with Crippen LogP contribution < -0.4 is 15.2 Å². The molecule has 0 radical (unpaired) electrons. The maximum absolute atomic E-state index is 10.4. The van der Waals surface area contributed by atoms with Crippen LogP contribution in [-0.2, 0) is 0 Å². The van der Waals surface area contributed by atoms with Gasteiger partial charge in [0.2, 0.25) is 0 Å². The van der Waals surface area contributed by atoms with Gasteiger partial charge >= 0.3 is 0 Å². The topological polar surface area (TPSA) is 64.7 Å². The first kappa shape index (κ1) is 12.8. The second kappa shape index (κ2) is 5.02. The number of aliphatic hydroxyl groups excluding tert-OH is 1. The number of rotatable bonds is 4. The highest BCUT2D eigenvalue weighted by molar-refractivity contribution is 5.45. The fourth-order valence-electron chi connectivity index (χ4n) is 2.89. The molecule has 1 fully saturated rings. The summed E-state index contributed by atoms with van der Waals surface area (Å²) in [6.45, 7) is 3.79. The van der Waals surface area contributed by atoms with Gasteiger partial charge in [-0.2, -0.15) is 0 Å². The van der Waals surface area contributed by atoms with Crippen LogP contribution in [0, 0.1) is 11.8 Å². The summed E-state index contributed by atoms with van der Waals surface area (Å²) in [5.41, 5.74) is 6.90. The Kier molecular flexibility index (Phi) is 3.37. The van der Waals surface area contributed by atoms with Crippen LogP contribution in [0.4, 0.5) is 0 Å². The molecule has 4 unspecified atom stereocenters. The minimum atomic E-state index is -0.359. The lowest BCUT2D eigenvalue weighted by atomic mass is 9.90. The summed E-state index contributed by atoms with van der Waals surface area (Å²) in [4.78, 5) is 0. The molecule has 0 aromatic heterocycles. The minimum absolute atomic E-state index is 0.0224. The maximum Gasteiger partial charge on any atom is 0.161 e. The van der Waals surface area contributed by atoms with E-state index in [-0.39, 0.29) is 12.0 Å². The zero-order chi connectivity index (χ0) is 13.4. The van der Waals surface area contributed by atoms with Gasteiger partial charge in [0.05, 0.1) is 6.10 Å². The molecule has 3 rings (SSSR count). The van der Waals surface area contributed by atoms with Gasteiger partial charge in [-0.3, -0.25) is 0 Å². The molecule has 1 saturated carbocycles. The molecule has 0 amide bonds. The molecular formula is C15H21NO3. The summed E-state index contributed by atoms with van der Waals surface area (Å²) >= 11 is 0. The standard InChI is InChI=1S/C15H21NO3/c1-9-6-11(9)15(17)12(8-16)10-2-3-13-14(7-10)19-5-4-18-13/h2-3,7,9,11-12,15,17H,4-6,8,16H2,1H3. The summed E-state index contributed by atoms with van der Waals surface area (Å²) in [6, 6.07) is 5.86. The van der Waals surface area contributed by atoms with Crippen LogP contribution in [0.1, 0.15) is 24.8 Å². The second-order valence-corrected chi connectivity index (χ2v) is 5.61. The molecule has 3 N–H and O–H groups in total. The molecule has 104 valence electrons. The largest absolute Gasteiger partial charge is 0.486 e.